The van der Waals surface area contributed by atoms with Crippen molar-refractivity contribution < 1.29 is 9.53 Å². The molecule has 1 aliphatic heterocycles. The molecule has 0 spiro atoms. The maximum Gasteiger partial charge on any atom is 0.233 e. The molecule has 1 saturated heterocycles. The highest BCUT2D eigenvalue weighted by Gasteiger charge is 2.21. The minimum absolute atomic E-state index is 0.150. The van der Waals surface area contributed by atoms with Gasteiger partial charge in [0.1, 0.15) is 5.75 Å². The highest BCUT2D eigenvalue weighted by atomic mass is 32.2. The lowest BCUT2D eigenvalue weighted by Crippen LogP contribution is -2.29. The number of benzene rings is 1. The Morgan fingerprint density at radius 3 is 2.62 bits per heavy atom. The molecule has 1 amide bonds. The summed E-state index contributed by atoms with van der Waals surface area (Å²) in [5.74, 6) is 2.00. The lowest BCUT2D eigenvalue weighted by atomic mass is 10.2. The summed E-state index contributed by atoms with van der Waals surface area (Å²) in [6, 6.07) is 11.6. The summed E-state index contributed by atoms with van der Waals surface area (Å²) in [7, 11) is 0. The summed E-state index contributed by atoms with van der Waals surface area (Å²) in [6.07, 6.45) is 5.66. The van der Waals surface area contributed by atoms with Gasteiger partial charge in [-0.3, -0.25) is 14.3 Å². The van der Waals surface area contributed by atoms with Gasteiger partial charge in [0.15, 0.2) is 11.0 Å². The highest BCUT2D eigenvalue weighted by Crippen LogP contribution is 2.29. The summed E-state index contributed by atoms with van der Waals surface area (Å²) in [5.41, 5.74) is 1.78. The van der Waals surface area contributed by atoms with Crippen molar-refractivity contribution in [3.8, 4) is 22.8 Å². The van der Waals surface area contributed by atoms with Crippen LogP contribution >= 0.6 is 11.8 Å². The molecule has 0 unspecified atom stereocenters. The number of aromatic nitrogens is 4. The molecule has 0 radical (unpaired) electrons. The van der Waals surface area contributed by atoms with Gasteiger partial charge in [-0.05, 0) is 56.2 Å². The maximum atomic E-state index is 12.5. The van der Waals surface area contributed by atoms with Crippen LogP contribution in [-0.2, 0) is 4.79 Å². The van der Waals surface area contributed by atoms with Crippen molar-refractivity contribution in [3.63, 3.8) is 0 Å². The number of rotatable bonds is 7. The van der Waals surface area contributed by atoms with Gasteiger partial charge in [-0.25, -0.2) is 0 Å². The second kappa shape index (κ2) is 9.09. The molecule has 4 rings (SSSR count). The van der Waals surface area contributed by atoms with Gasteiger partial charge < -0.3 is 9.64 Å². The summed E-state index contributed by atoms with van der Waals surface area (Å²) in [4.78, 5) is 18.6. The molecule has 1 fully saturated rings. The predicted octanol–water partition coefficient (Wildman–Crippen LogP) is 3.44. The third kappa shape index (κ3) is 4.42. The number of nitrogens with zero attached hydrogens (tertiary/aromatic N) is 5. The van der Waals surface area contributed by atoms with Gasteiger partial charge in [0.05, 0.1) is 12.4 Å². The molecule has 3 aromatic rings. The normalized spacial score (nSPS) is 13.6. The molecule has 0 N–H and O–H groups in total. The lowest BCUT2D eigenvalue weighted by molar-refractivity contribution is -0.127. The molecule has 3 heterocycles. The Balaban J connectivity index is 1.64. The fourth-order valence-corrected chi connectivity index (χ4v) is 4.18. The van der Waals surface area contributed by atoms with E-state index in [1.807, 2.05) is 52.8 Å². The number of thioether (sulfide) groups is 1. The van der Waals surface area contributed by atoms with Crippen LogP contribution in [0.5, 0.6) is 5.75 Å². The average molecular weight is 410 g/mol. The first-order chi connectivity index (χ1) is 14.3. The number of carbonyl (C=O) groups excluding carboxylic acids is 1. The fourth-order valence-electron chi connectivity index (χ4n) is 3.32. The van der Waals surface area contributed by atoms with E-state index in [4.69, 9.17) is 4.74 Å². The topological polar surface area (TPSA) is 73.1 Å². The van der Waals surface area contributed by atoms with Gasteiger partial charge in [-0.1, -0.05) is 11.8 Å². The molecule has 150 valence electrons. The molecule has 0 atom stereocenters. The van der Waals surface area contributed by atoms with Crippen molar-refractivity contribution in [2.45, 2.75) is 24.9 Å². The van der Waals surface area contributed by atoms with E-state index in [2.05, 4.69) is 15.2 Å². The smallest absolute Gasteiger partial charge is 0.233 e. The zero-order valence-corrected chi connectivity index (χ0v) is 17.1. The maximum absolute atomic E-state index is 12.5. The van der Waals surface area contributed by atoms with Crippen molar-refractivity contribution in [3.05, 3.63) is 48.8 Å². The Labute approximate surface area is 174 Å². The van der Waals surface area contributed by atoms with E-state index in [1.165, 1.54) is 11.8 Å². The first kappa shape index (κ1) is 19.4. The Morgan fingerprint density at radius 1 is 1.14 bits per heavy atom. The number of hydrogen-bond donors (Lipinski definition) is 0. The predicted molar refractivity (Wildman–Crippen MR) is 112 cm³/mol. The average Bonchev–Trinajstić information content (AvgIpc) is 3.44. The van der Waals surface area contributed by atoms with Crippen LogP contribution in [0.1, 0.15) is 19.8 Å². The zero-order valence-electron chi connectivity index (χ0n) is 16.3. The van der Waals surface area contributed by atoms with Gasteiger partial charge >= 0.3 is 0 Å². The van der Waals surface area contributed by atoms with Crippen molar-refractivity contribution in [2.24, 2.45) is 0 Å². The number of likely N-dealkylation sites (tertiary alicyclic amines) is 1. The third-order valence-electron chi connectivity index (χ3n) is 4.74. The summed E-state index contributed by atoms with van der Waals surface area (Å²) >= 11 is 1.41. The minimum atomic E-state index is 0.150. The highest BCUT2D eigenvalue weighted by molar-refractivity contribution is 7.99. The van der Waals surface area contributed by atoms with Crippen LogP contribution in [0.15, 0.2) is 53.9 Å². The monoisotopic (exact) mass is 409 g/mol. The second-order valence-corrected chi connectivity index (χ2v) is 7.63. The summed E-state index contributed by atoms with van der Waals surface area (Å²) in [6.45, 7) is 4.28. The molecule has 7 nitrogen and oxygen atoms in total. The van der Waals surface area contributed by atoms with Crippen molar-refractivity contribution in [1.82, 2.24) is 24.6 Å². The van der Waals surface area contributed by atoms with E-state index in [9.17, 15) is 4.79 Å². The Hall–Kier alpha value is -2.87. The van der Waals surface area contributed by atoms with E-state index in [0.29, 0.717) is 23.3 Å². The second-order valence-electron chi connectivity index (χ2n) is 6.69. The van der Waals surface area contributed by atoms with Crippen molar-refractivity contribution >= 4 is 17.7 Å². The minimum Gasteiger partial charge on any atom is -0.494 e. The van der Waals surface area contributed by atoms with Crippen LogP contribution in [0.2, 0.25) is 0 Å². The number of ether oxygens (including phenoxy) is 1. The first-order valence-corrected chi connectivity index (χ1v) is 10.7. The van der Waals surface area contributed by atoms with Crippen LogP contribution in [0, 0.1) is 0 Å². The molecule has 8 heteroatoms. The van der Waals surface area contributed by atoms with Gasteiger partial charge in [-0.15, -0.1) is 10.2 Å². The molecule has 29 heavy (non-hydrogen) atoms. The van der Waals surface area contributed by atoms with E-state index >= 15 is 0 Å². The van der Waals surface area contributed by atoms with E-state index < -0.39 is 0 Å². The largest absolute Gasteiger partial charge is 0.494 e. The van der Waals surface area contributed by atoms with Crippen LogP contribution in [0.25, 0.3) is 17.1 Å². The van der Waals surface area contributed by atoms with E-state index in [-0.39, 0.29) is 5.91 Å². The van der Waals surface area contributed by atoms with E-state index in [1.54, 1.807) is 12.4 Å². The molecule has 0 bridgehead atoms. The first-order valence-electron chi connectivity index (χ1n) is 9.76. The Kier molecular flexibility index (Phi) is 6.09. The zero-order chi connectivity index (χ0) is 20.1. The third-order valence-corrected chi connectivity index (χ3v) is 5.66. The fraction of sp³-hybridized carbons (Fsp3) is 0.333. The summed E-state index contributed by atoms with van der Waals surface area (Å²) in [5, 5.41) is 9.45. The Bertz CT molecular complexity index is 953. The molecule has 1 aliphatic rings. The number of pyridine rings is 1. The van der Waals surface area contributed by atoms with Gasteiger partial charge in [0.2, 0.25) is 5.91 Å². The van der Waals surface area contributed by atoms with Crippen molar-refractivity contribution in [1.29, 1.82) is 0 Å². The molecule has 1 aromatic carbocycles. The van der Waals surface area contributed by atoms with Gasteiger partial charge in [0, 0.05) is 36.7 Å². The van der Waals surface area contributed by atoms with Gasteiger partial charge in [0.25, 0.3) is 0 Å². The standard InChI is InChI=1S/C21H23N5O2S/c1-2-28-18-9-7-17(8-10-18)26-20(16-6-5-11-22-14-16)23-24-21(26)29-15-19(27)25-12-3-4-13-25/h5-11,14H,2-4,12-13,15H2,1H3. The van der Waals surface area contributed by atoms with Crippen LogP contribution < -0.4 is 4.74 Å². The van der Waals surface area contributed by atoms with Crippen molar-refractivity contribution in [2.75, 3.05) is 25.4 Å². The molecule has 2 aromatic heterocycles. The van der Waals surface area contributed by atoms with Gasteiger partial charge in [-0.2, -0.15) is 0 Å². The van der Waals surface area contributed by atoms with Crippen LogP contribution in [0.3, 0.4) is 0 Å². The van der Waals surface area contributed by atoms with Crippen LogP contribution in [0.4, 0.5) is 0 Å². The Morgan fingerprint density at radius 2 is 1.93 bits per heavy atom. The SMILES string of the molecule is CCOc1ccc(-n2c(SCC(=O)N3CCCC3)nnc2-c2cccnc2)cc1. The molecular weight excluding hydrogens is 386 g/mol. The quantitative estimate of drug-likeness (QED) is 0.557. The number of amides is 1. The molecule has 0 aliphatic carbocycles. The number of hydrogen-bond acceptors (Lipinski definition) is 6. The number of carbonyl (C=O) groups is 1. The van der Waals surface area contributed by atoms with Crippen LogP contribution in [-0.4, -0.2) is 56.0 Å². The summed E-state index contributed by atoms with van der Waals surface area (Å²) < 4.78 is 7.52. The lowest BCUT2D eigenvalue weighted by Gasteiger charge is -2.15. The molecule has 0 saturated carbocycles. The van der Waals surface area contributed by atoms with E-state index in [0.717, 1.165) is 42.9 Å². The molecular formula is C21H23N5O2S.